The van der Waals surface area contributed by atoms with Crippen molar-refractivity contribution >= 4 is 11.7 Å². The number of halogens is 2. The smallest absolute Gasteiger partial charge is 0.260 e. The van der Waals surface area contributed by atoms with Gasteiger partial charge >= 0.3 is 0 Å². The molecule has 0 bridgehead atoms. The Hall–Kier alpha value is -2.18. The van der Waals surface area contributed by atoms with E-state index >= 15 is 0 Å². The summed E-state index contributed by atoms with van der Waals surface area (Å²) >= 11 is 0. The highest BCUT2D eigenvalue weighted by Crippen LogP contribution is 2.19. The molecule has 0 spiro atoms. The molecule has 0 aromatic heterocycles. The van der Waals surface area contributed by atoms with Crippen LogP contribution in [-0.4, -0.2) is 34.4 Å². The number of benzene rings is 1. The van der Waals surface area contributed by atoms with Crippen molar-refractivity contribution < 1.29 is 18.8 Å². The van der Waals surface area contributed by atoms with Crippen LogP contribution in [0.25, 0.3) is 0 Å². The number of amides is 1. The fourth-order valence-corrected chi connectivity index (χ4v) is 1.69. The minimum atomic E-state index is -0.941. The number of rotatable bonds is 4. The van der Waals surface area contributed by atoms with Crippen molar-refractivity contribution in [3.05, 3.63) is 34.9 Å². The first-order valence-corrected chi connectivity index (χ1v) is 6.01. The van der Waals surface area contributed by atoms with Crippen molar-refractivity contribution in [2.75, 3.05) is 6.54 Å². The summed E-state index contributed by atoms with van der Waals surface area (Å²) in [5.41, 5.74) is 4.89. The van der Waals surface area contributed by atoms with Crippen LogP contribution in [0.5, 0.6) is 0 Å². The summed E-state index contributed by atoms with van der Waals surface area (Å²) in [7, 11) is 0. The molecule has 7 heteroatoms. The molecule has 110 valence electrons. The fourth-order valence-electron chi connectivity index (χ4n) is 1.69. The van der Waals surface area contributed by atoms with Crippen LogP contribution in [0.1, 0.15) is 29.8 Å². The van der Waals surface area contributed by atoms with E-state index in [2.05, 4.69) is 5.16 Å². The van der Waals surface area contributed by atoms with Crippen LogP contribution >= 0.6 is 0 Å². The second-order valence-electron chi connectivity index (χ2n) is 4.67. The maximum Gasteiger partial charge on any atom is 0.260 e. The molecule has 1 aromatic carbocycles. The van der Waals surface area contributed by atoms with Crippen LogP contribution in [0.4, 0.5) is 8.78 Å². The van der Waals surface area contributed by atoms with Crippen molar-refractivity contribution in [1.82, 2.24) is 4.90 Å². The third kappa shape index (κ3) is 3.23. The first-order chi connectivity index (χ1) is 9.29. The van der Waals surface area contributed by atoms with Crippen LogP contribution in [0, 0.1) is 18.6 Å². The van der Waals surface area contributed by atoms with E-state index in [1.807, 2.05) is 0 Å². The second kappa shape index (κ2) is 6.31. The van der Waals surface area contributed by atoms with Gasteiger partial charge in [-0.2, -0.15) is 0 Å². The minimum absolute atomic E-state index is 0.169. The monoisotopic (exact) mass is 285 g/mol. The third-order valence-electron chi connectivity index (χ3n) is 2.84. The van der Waals surface area contributed by atoms with Gasteiger partial charge in [0.15, 0.2) is 5.84 Å². The normalized spacial score (nSPS) is 11.8. The van der Waals surface area contributed by atoms with E-state index < -0.39 is 23.1 Å². The van der Waals surface area contributed by atoms with Crippen LogP contribution in [0.3, 0.4) is 0 Å². The number of hydrogen-bond donors (Lipinski definition) is 2. The third-order valence-corrected chi connectivity index (χ3v) is 2.84. The fraction of sp³-hybridized carbons (Fsp3) is 0.385. The molecule has 0 atom stereocenters. The first-order valence-electron chi connectivity index (χ1n) is 6.01. The zero-order chi connectivity index (χ0) is 15.4. The van der Waals surface area contributed by atoms with Crippen molar-refractivity contribution in [2.24, 2.45) is 10.9 Å². The maximum absolute atomic E-state index is 14.0. The predicted octanol–water partition coefficient (Wildman–Crippen LogP) is 1.87. The molecule has 0 heterocycles. The van der Waals surface area contributed by atoms with Crippen molar-refractivity contribution in [3.8, 4) is 0 Å². The number of carbonyl (C=O) groups excluding carboxylic acids is 1. The molecule has 1 rings (SSSR count). The van der Waals surface area contributed by atoms with Gasteiger partial charge in [-0.25, -0.2) is 8.78 Å². The van der Waals surface area contributed by atoms with Crippen LogP contribution in [0.2, 0.25) is 0 Å². The van der Waals surface area contributed by atoms with Gasteiger partial charge in [0.25, 0.3) is 5.91 Å². The topological polar surface area (TPSA) is 78.9 Å². The average Bonchev–Trinajstić information content (AvgIpc) is 2.39. The number of amidine groups is 1. The van der Waals surface area contributed by atoms with Crippen molar-refractivity contribution in [3.63, 3.8) is 0 Å². The van der Waals surface area contributed by atoms with Gasteiger partial charge in [-0.3, -0.25) is 4.79 Å². The van der Waals surface area contributed by atoms with Gasteiger partial charge in [0.05, 0.1) is 6.54 Å². The number of hydrogen-bond acceptors (Lipinski definition) is 3. The van der Waals surface area contributed by atoms with E-state index in [1.165, 1.54) is 13.0 Å². The van der Waals surface area contributed by atoms with Crippen LogP contribution in [-0.2, 0) is 0 Å². The molecular weight excluding hydrogens is 268 g/mol. The summed E-state index contributed by atoms with van der Waals surface area (Å²) in [5.74, 6) is -2.91. The summed E-state index contributed by atoms with van der Waals surface area (Å²) in [6.07, 6.45) is 0. The van der Waals surface area contributed by atoms with Gasteiger partial charge in [-0.1, -0.05) is 11.2 Å². The average molecular weight is 285 g/mol. The Balaban J connectivity index is 3.23. The lowest BCUT2D eigenvalue weighted by molar-refractivity contribution is 0.0724. The quantitative estimate of drug-likeness (QED) is 0.383. The van der Waals surface area contributed by atoms with E-state index in [4.69, 9.17) is 10.9 Å². The van der Waals surface area contributed by atoms with Gasteiger partial charge in [0.2, 0.25) is 0 Å². The summed E-state index contributed by atoms with van der Waals surface area (Å²) < 4.78 is 27.7. The van der Waals surface area contributed by atoms with Gasteiger partial charge in [-0.15, -0.1) is 0 Å². The van der Waals surface area contributed by atoms with Crippen molar-refractivity contribution in [1.29, 1.82) is 0 Å². The summed E-state index contributed by atoms with van der Waals surface area (Å²) in [4.78, 5) is 13.4. The molecule has 1 aromatic rings. The molecule has 0 unspecified atom stereocenters. The molecule has 0 radical (unpaired) electrons. The Bertz CT molecular complexity index is 545. The Labute approximate surface area is 115 Å². The van der Waals surface area contributed by atoms with E-state index in [0.717, 1.165) is 11.0 Å². The second-order valence-corrected chi connectivity index (χ2v) is 4.67. The summed E-state index contributed by atoms with van der Waals surface area (Å²) in [5, 5.41) is 11.3. The lowest BCUT2D eigenvalue weighted by Gasteiger charge is -2.26. The molecule has 0 saturated carbocycles. The standard InChI is InChI=1S/C13H17F2N3O2/c1-7(2)18(6-10(16)17-20)13(19)11-9(14)5-4-8(3)12(11)15/h4-5,7,20H,6H2,1-3H3,(H2,16,17). The Morgan fingerprint density at radius 2 is 2.05 bits per heavy atom. The zero-order valence-corrected chi connectivity index (χ0v) is 11.5. The predicted molar refractivity (Wildman–Crippen MR) is 70.7 cm³/mol. The summed E-state index contributed by atoms with van der Waals surface area (Å²) in [6, 6.07) is 1.92. The van der Waals surface area contributed by atoms with E-state index in [0.29, 0.717) is 0 Å². The van der Waals surface area contributed by atoms with Crippen molar-refractivity contribution in [2.45, 2.75) is 26.8 Å². The van der Waals surface area contributed by atoms with Gasteiger partial charge < -0.3 is 15.8 Å². The molecule has 5 nitrogen and oxygen atoms in total. The number of oxime groups is 1. The van der Waals surface area contributed by atoms with Gasteiger partial charge in [0.1, 0.15) is 17.2 Å². The Morgan fingerprint density at radius 1 is 1.45 bits per heavy atom. The number of nitrogens with two attached hydrogens (primary N) is 1. The zero-order valence-electron chi connectivity index (χ0n) is 11.5. The molecule has 0 fully saturated rings. The van der Waals surface area contributed by atoms with Crippen LogP contribution < -0.4 is 5.73 Å². The molecule has 0 aliphatic heterocycles. The highest BCUT2D eigenvalue weighted by molar-refractivity contribution is 5.97. The van der Waals surface area contributed by atoms with E-state index in [-0.39, 0.29) is 24.0 Å². The van der Waals surface area contributed by atoms with Gasteiger partial charge in [0, 0.05) is 6.04 Å². The number of carbonyl (C=O) groups is 1. The Kier molecular flexibility index (Phi) is 5.01. The first kappa shape index (κ1) is 15.9. The lowest BCUT2D eigenvalue weighted by Crippen LogP contribution is -2.43. The molecule has 3 N–H and O–H groups in total. The molecule has 0 aliphatic rings. The largest absolute Gasteiger partial charge is 0.409 e. The lowest BCUT2D eigenvalue weighted by atomic mass is 10.1. The summed E-state index contributed by atoms with van der Waals surface area (Å²) in [6.45, 7) is 4.54. The SMILES string of the molecule is Cc1ccc(F)c(C(=O)N(C/C(N)=N/O)C(C)C)c1F. The number of nitrogens with zero attached hydrogens (tertiary/aromatic N) is 2. The molecule has 20 heavy (non-hydrogen) atoms. The van der Waals surface area contributed by atoms with Crippen LogP contribution in [0.15, 0.2) is 17.3 Å². The van der Waals surface area contributed by atoms with E-state index in [1.54, 1.807) is 13.8 Å². The van der Waals surface area contributed by atoms with Gasteiger partial charge in [-0.05, 0) is 32.4 Å². The minimum Gasteiger partial charge on any atom is -0.409 e. The molecule has 0 aliphatic carbocycles. The molecule has 1 amide bonds. The molecule has 0 saturated heterocycles. The maximum atomic E-state index is 14.0. The Morgan fingerprint density at radius 3 is 2.55 bits per heavy atom. The molecular formula is C13H17F2N3O2. The van der Waals surface area contributed by atoms with E-state index in [9.17, 15) is 13.6 Å². The highest BCUT2D eigenvalue weighted by atomic mass is 19.1. The number of aryl methyl sites for hydroxylation is 1. The highest BCUT2D eigenvalue weighted by Gasteiger charge is 2.26.